The first-order valence-electron chi connectivity index (χ1n) is 11.7. The highest BCUT2D eigenvalue weighted by Crippen LogP contribution is 2.33. The van der Waals surface area contributed by atoms with E-state index in [1.165, 1.54) is 0 Å². The Morgan fingerprint density at radius 3 is 2.80 bits per heavy atom. The predicted octanol–water partition coefficient (Wildman–Crippen LogP) is 5.76. The highest BCUT2D eigenvalue weighted by molar-refractivity contribution is 7.08. The minimum Gasteiger partial charge on any atom is -0.480 e. The van der Waals surface area contributed by atoms with E-state index in [1.807, 2.05) is 37.3 Å². The van der Waals surface area contributed by atoms with Crippen molar-refractivity contribution in [1.82, 2.24) is 19.7 Å². The van der Waals surface area contributed by atoms with Crippen LogP contribution in [0.15, 0.2) is 53.2 Å². The molecule has 0 bridgehead atoms. The molecule has 0 saturated heterocycles. The maximum absolute atomic E-state index is 12.7. The van der Waals surface area contributed by atoms with Crippen LogP contribution in [0.25, 0.3) is 22.2 Å². The molecule has 0 aliphatic carbocycles. The van der Waals surface area contributed by atoms with Crippen LogP contribution < -0.4 is 10.1 Å². The number of ketones is 1. The molecule has 1 unspecified atom stereocenters. The number of carbonyl (C=O) groups excluding carboxylic acids is 2. The molecule has 8 nitrogen and oxygen atoms in total. The first-order chi connectivity index (χ1) is 17.1. The number of unbranched alkanes of at least 4 members (excludes halogenated alkanes) is 2. The summed E-state index contributed by atoms with van der Waals surface area (Å²) in [6.07, 6.45) is 7.57. The number of carbonyl (C=O) groups is 2. The summed E-state index contributed by atoms with van der Waals surface area (Å²) in [5.41, 5.74) is 1.51. The minimum atomic E-state index is -0.417. The Balaban J connectivity index is 1.54. The third-order valence-electron chi connectivity index (χ3n) is 5.78. The molecular formula is C26H28N4O4S. The van der Waals surface area contributed by atoms with Gasteiger partial charge in [0, 0.05) is 24.4 Å². The van der Waals surface area contributed by atoms with Crippen molar-refractivity contribution >= 4 is 34.1 Å². The molecule has 3 heterocycles. The van der Waals surface area contributed by atoms with Crippen LogP contribution in [0.4, 0.5) is 0 Å². The van der Waals surface area contributed by atoms with Gasteiger partial charge in [0.25, 0.3) is 5.91 Å². The maximum Gasteiger partial charge on any atom is 0.263 e. The van der Waals surface area contributed by atoms with Crippen LogP contribution in [0.1, 0.15) is 67.1 Å². The molecule has 1 amide bonds. The van der Waals surface area contributed by atoms with Crippen molar-refractivity contribution in [1.29, 1.82) is 0 Å². The first kappa shape index (κ1) is 24.5. The number of amides is 1. The number of rotatable bonds is 12. The monoisotopic (exact) mass is 492 g/mol. The Kier molecular flexibility index (Phi) is 8.20. The molecular weight excluding hydrogens is 464 g/mol. The second kappa shape index (κ2) is 11.7. The largest absolute Gasteiger partial charge is 0.480 e. The predicted molar refractivity (Wildman–Crippen MR) is 134 cm³/mol. The average Bonchev–Trinajstić information content (AvgIpc) is 3.59. The van der Waals surface area contributed by atoms with Gasteiger partial charge in [0.05, 0.1) is 24.4 Å². The van der Waals surface area contributed by atoms with Gasteiger partial charge in [-0.1, -0.05) is 38.0 Å². The standard InChI is InChI=1S/C26H28N4O4S/c1-3-18(31)10-5-4-6-12-21(29-24(32)23-13-14-28-35-23)26-27-16-22(34-26)19-15-17-9-7-8-11-20(17)30-25(19)33-2/h7-9,11,13-16,21H,3-6,10,12H2,1-2H3,(H,29,32). The Labute approximate surface area is 207 Å². The lowest BCUT2D eigenvalue weighted by molar-refractivity contribution is -0.118. The van der Waals surface area contributed by atoms with Crippen LogP contribution in [0, 0.1) is 0 Å². The zero-order chi connectivity index (χ0) is 24.6. The third-order valence-corrected chi connectivity index (χ3v) is 6.52. The topological polar surface area (TPSA) is 107 Å². The number of hydrogen-bond donors (Lipinski definition) is 1. The Morgan fingerprint density at radius 2 is 2.03 bits per heavy atom. The van der Waals surface area contributed by atoms with E-state index in [-0.39, 0.29) is 11.7 Å². The summed E-state index contributed by atoms with van der Waals surface area (Å²) in [5.74, 6) is 1.43. The number of para-hydroxylation sites is 1. The zero-order valence-corrected chi connectivity index (χ0v) is 20.6. The normalized spacial score (nSPS) is 11.9. The van der Waals surface area contributed by atoms with E-state index in [1.54, 1.807) is 25.6 Å². The van der Waals surface area contributed by atoms with Crippen LogP contribution in [-0.2, 0) is 4.79 Å². The molecule has 35 heavy (non-hydrogen) atoms. The fraction of sp³-hybridized carbons (Fsp3) is 0.346. The summed E-state index contributed by atoms with van der Waals surface area (Å²) in [6.45, 7) is 1.88. The molecule has 0 aliphatic heterocycles. The third kappa shape index (κ3) is 6.10. The van der Waals surface area contributed by atoms with Gasteiger partial charge >= 0.3 is 0 Å². The van der Waals surface area contributed by atoms with E-state index in [0.29, 0.717) is 47.2 Å². The Hall–Kier alpha value is -3.59. The average molecular weight is 493 g/mol. The molecule has 4 aromatic rings. The fourth-order valence-electron chi connectivity index (χ4n) is 3.85. The van der Waals surface area contributed by atoms with Crippen molar-refractivity contribution in [3.63, 3.8) is 0 Å². The molecule has 1 atom stereocenters. The van der Waals surface area contributed by atoms with Crippen molar-refractivity contribution in [2.24, 2.45) is 0 Å². The summed E-state index contributed by atoms with van der Waals surface area (Å²) in [7, 11) is 1.57. The summed E-state index contributed by atoms with van der Waals surface area (Å²) in [5, 5.41) is 3.99. The lowest BCUT2D eigenvalue weighted by Crippen LogP contribution is -2.28. The number of hydrogen-bond acceptors (Lipinski definition) is 8. The molecule has 182 valence electrons. The summed E-state index contributed by atoms with van der Waals surface area (Å²) in [4.78, 5) is 33.9. The number of pyridine rings is 1. The number of oxazole rings is 1. The number of benzene rings is 1. The molecule has 0 saturated carbocycles. The molecule has 0 aliphatic rings. The number of ether oxygens (including phenoxy) is 1. The SMILES string of the molecule is CCC(=O)CCCCCC(NC(=O)c1ccns1)c1ncc(-c2cc3ccccc3nc2OC)o1. The van der Waals surface area contributed by atoms with Crippen LogP contribution >= 0.6 is 11.5 Å². The van der Waals surface area contributed by atoms with Gasteiger partial charge in [-0.2, -0.15) is 0 Å². The van der Waals surface area contributed by atoms with Gasteiger partial charge in [0.2, 0.25) is 11.8 Å². The van der Waals surface area contributed by atoms with Crippen LogP contribution in [0.5, 0.6) is 5.88 Å². The number of Topliss-reactive ketones (excluding diaryl/α,β-unsaturated/α-hetero) is 1. The van der Waals surface area contributed by atoms with Gasteiger partial charge in [0.15, 0.2) is 5.76 Å². The molecule has 3 aromatic heterocycles. The summed E-state index contributed by atoms with van der Waals surface area (Å²) < 4.78 is 15.7. The number of methoxy groups -OCH3 is 1. The van der Waals surface area contributed by atoms with Crippen molar-refractivity contribution in [3.05, 3.63) is 59.6 Å². The van der Waals surface area contributed by atoms with E-state index >= 15 is 0 Å². The number of nitrogens with zero attached hydrogens (tertiary/aromatic N) is 3. The van der Waals surface area contributed by atoms with Gasteiger partial charge in [-0.05, 0) is 42.6 Å². The first-order valence-corrected chi connectivity index (χ1v) is 12.5. The smallest absolute Gasteiger partial charge is 0.263 e. The number of fused-ring (bicyclic) bond motifs is 1. The van der Waals surface area contributed by atoms with Crippen molar-refractivity contribution in [2.45, 2.75) is 51.5 Å². The van der Waals surface area contributed by atoms with E-state index in [9.17, 15) is 9.59 Å². The molecule has 4 rings (SSSR count). The Bertz CT molecular complexity index is 1290. The van der Waals surface area contributed by atoms with Gasteiger partial charge in [-0.25, -0.2) is 14.3 Å². The molecule has 0 spiro atoms. The fourth-order valence-corrected chi connectivity index (χ4v) is 4.35. The van der Waals surface area contributed by atoms with Gasteiger partial charge < -0.3 is 14.5 Å². The molecule has 9 heteroatoms. The molecule has 1 N–H and O–H groups in total. The lowest BCUT2D eigenvalue weighted by atomic mass is 10.0. The van der Waals surface area contributed by atoms with Crippen LogP contribution in [0.3, 0.4) is 0 Å². The van der Waals surface area contributed by atoms with E-state index in [0.717, 1.165) is 41.7 Å². The Morgan fingerprint density at radius 1 is 1.17 bits per heavy atom. The molecule has 1 aromatic carbocycles. The minimum absolute atomic E-state index is 0.219. The van der Waals surface area contributed by atoms with Crippen molar-refractivity contribution in [3.8, 4) is 17.2 Å². The zero-order valence-electron chi connectivity index (χ0n) is 19.8. The summed E-state index contributed by atoms with van der Waals surface area (Å²) >= 11 is 1.14. The van der Waals surface area contributed by atoms with E-state index < -0.39 is 6.04 Å². The van der Waals surface area contributed by atoms with Crippen molar-refractivity contribution in [2.75, 3.05) is 7.11 Å². The summed E-state index contributed by atoms with van der Waals surface area (Å²) in [6, 6.07) is 11.0. The quantitative estimate of drug-likeness (QED) is 0.251. The van der Waals surface area contributed by atoms with Gasteiger partial charge in [-0.15, -0.1) is 0 Å². The maximum atomic E-state index is 12.7. The van der Waals surface area contributed by atoms with Gasteiger partial charge in [-0.3, -0.25) is 9.59 Å². The van der Waals surface area contributed by atoms with Gasteiger partial charge in [0.1, 0.15) is 16.7 Å². The van der Waals surface area contributed by atoms with E-state index in [4.69, 9.17) is 9.15 Å². The lowest BCUT2D eigenvalue weighted by Gasteiger charge is -2.15. The number of nitrogens with one attached hydrogen (secondary N) is 1. The second-order valence-electron chi connectivity index (χ2n) is 8.19. The van der Waals surface area contributed by atoms with Crippen LogP contribution in [-0.4, -0.2) is 33.1 Å². The van der Waals surface area contributed by atoms with Crippen molar-refractivity contribution < 1.29 is 18.7 Å². The number of aromatic nitrogens is 3. The van der Waals surface area contributed by atoms with Crippen LogP contribution in [0.2, 0.25) is 0 Å². The highest BCUT2D eigenvalue weighted by atomic mass is 32.1. The highest BCUT2D eigenvalue weighted by Gasteiger charge is 2.23. The second-order valence-corrected chi connectivity index (χ2v) is 9.03. The van der Waals surface area contributed by atoms with E-state index in [2.05, 4.69) is 19.7 Å². The molecule has 0 fully saturated rings. The molecule has 0 radical (unpaired) electrons.